The predicted octanol–water partition coefficient (Wildman–Crippen LogP) is 1.81. The summed E-state index contributed by atoms with van der Waals surface area (Å²) in [6.07, 6.45) is 3.82. The number of nitrogens with zero attached hydrogens (tertiary/aromatic N) is 3. The van der Waals surface area contributed by atoms with E-state index in [1.807, 2.05) is 6.92 Å². The van der Waals surface area contributed by atoms with Crippen LogP contribution in [0.15, 0.2) is 23.0 Å². The second-order valence-corrected chi connectivity index (χ2v) is 3.60. The first-order chi connectivity index (χ1) is 8.24. The summed E-state index contributed by atoms with van der Waals surface area (Å²) in [5.41, 5.74) is 6.90. The molecule has 2 aromatic heterocycles. The van der Waals surface area contributed by atoms with E-state index in [0.29, 0.717) is 23.0 Å². The van der Waals surface area contributed by atoms with Crippen molar-refractivity contribution in [1.29, 1.82) is 0 Å². The molecule has 6 heteroatoms. The molecule has 0 radical (unpaired) electrons. The molecule has 0 amide bonds. The average molecular weight is 234 g/mol. The Bertz CT molecular complexity index is 494. The summed E-state index contributed by atoms with van der Waals surface area (Å²) in [5.74, 6) is 0.933. The van der Waals surface area contributed by atoms with Crippen molar-refractivity contribution >= 4 is 5.69 Å². The maximum absolute atomic E-state index is 5.64. The van der Waals surface area contributed by atoms with Gasteiger partial charge in [-0.3, -0.25) is 4.98 Å². The van der Waals surface area contributed by atoms with Crippen LogP contribution in [0, 0.1) is 0 Å². The smallest absolute Gasteiger partial charge is 0.259 e. The number of methoxy groups -OCH3 is 1. The average Bonchev–Trinajstić information content (AvgIpc) is 2.80. The van der Waals surface area contributed by atoms with Crippen molar-refractivity contribution in [3.63, 3.8) is 0 Å². The third kappa shape index (κ3) is 2.42. The van der Waals surface area contributed by atoms with Gasteiger partial charge in [-0.25, -0.2) is 0 Å². The molecule has 0 aromatic carbocycles. The van der Waals surface area contributed by atoms with E-state index in [4.69, 9.17) is 15.0 Å². The molecule has 2 rings (SSSR count). The van der Waals surface area contributed by atoms with Crippen molar-refractivity contribution in [2.75, 3.05) is 12.8 Å². The number of pyridine rings is 1. The van der Waals surface area contributed by atoms with Crippen LogP contribution >= 0.6 is 0 Å². The fourth-order valence-electron chi connectivity index (χ4n) is 1.51. The minimum Gasteiger partial charge on any atom is -0.397 e. The first-order valence-electron chi connectivity index (χ1n) is 5.32. The lowest BCUT2D eigenvalue weighted by molar-refractivity contribution is 0.0903. The second kappa shape index (κ2) is 4.92. The highest BCUT2D eigenvalue weighted by molar-refractivity contribution is 5.57. The third-order valence-electron chi connectivity index (χ3n) is 2.39. The van der Waals surface area contributed by atoms with Crippen LogP contribution in [0.5, 0.6) is 0 Å². The van der Waals surface area contributed by atoms with E-state index in [9.17, 15) is 0 Å². The molecule has 0 fully saturated rings. The van der Waals surface area contributed by atoms with E-state index in [1.54, 1.807) is 25.6 Å². The van der Waals surface area contributed by atoms with E-state index in [-0.39, 0.29) is 6.10 Å². The lowest BCUT2D eigenvalue weighted by Gasteiger charge is -2.05. The van der Waals surface area contributed by atoms with E-state index in [1.165, 1.54) is 0 Å². The molecule has 6 nitrogen and oxygen atoms in total. The summed E-state index contributed by atoms with van der Waals surface area (Å²) in [7, 11) is 1.62. The van der Waals surface area contributed by atoms with Gasteiger partial charge < -0.3 is 15.0 Å². The largest absolute Gasteiger partial charge is 0.397 e. The summed E-state index contributed by atoms with van der Waals surface area (Å²) in [4.78, 5) is 8.24. The number of nitrogen functional groups attached to an aromatic ring is 1. The lowest BCUT2D eigenvalue weighted by atomic mass is 10.2. The normalized spacial score (nSPS) is 12.6. The zero-order valence-electron chi connectivity index (χ0n) is 9.75. The minimum absolute atomic E-state index is 0.151. The van der Waals surface area contributed by atoms with Crippen molar-refractivity contribution in [1.82, 2.24) is 15.1 Å². The van der Waals surface area contributed by atoms with Gasteiger partial charge in [-0.1, -0.05) is 12.1 Å². The monoisotopic (exact) mass is 234 g/mol. The van der Waals surface area contributed by atoms with E-state index in [0.717, 1.165) is 6.42 Å². The molecule has 0 aliphatic carbocycles. The molecule has 0 saturated carbocycles. The van der Waals surface area contributed by atoms with Gasteiger partial charge in [0.1, 0.15) is 6.10 Å². The molecule has 2 N–H and O–H groups in total. The Balaban J connectivity index is 2.29. The molecular weight excluding hydrogens is 220 g/mol. The van der Waals surface area contributed by atoms with Gasteiger partial charge in [-0.05, 0) is 12.5 Å². The van der Waals surface area contributed by atoms with Crippen molar-refractivity contribution in [3.8, 4) is 11.5 Å². The van der Waals surface area contributed by atoms with Gasteiger partial charge in [0.05, 0.1) is 11.3 Å². The summed E-state index contributed by atoms with van der Waals surface area (Å²) in [5, 5.41) is 3.88. The fourth-order valence-corrected chi connectivity index (χ4v) is 1.51. The Hall–Kier alpha value is -1.95. The van der Waals surface area contributed by atoms with Gasteiger partial charge in [0.15, 0.2) is 0 Å². The molecule has 2 aromatic rings. The Morgan fingerprint density at radius 2 is 2.29 bits per heavy atom. The molecule has 0 spiro atoms. The van der Waals surface area contributed by atoms with Crippen LogP contribution in [0.3, 0.4) is 0 Å². The first-order valence-corrected chi connectivity index (χ1v) is 5.32. The highest BCUT2D eigenvalue weighted by atomic mass is 16.5. The Labute approximate surface area is 98.8 Å². The number of rotatable bonds is 4. The Morgan fingerprint density at radius 1 is 1.47 bits per heavy atom. The Kier molecular flexibility index (Phi) is 3.34. The van der Waals surface area contributed by atoms with Gasteiger partial charge >= 0.3 is 0 Å². The van der Waals surface area contributed by atoms with Crippen molar-refractivity contribution in [2.24, 2.45) is 0 Å². The quantitative estimate of drug-likeness (QED) is 0.868. The van der Waals surface area contributed by atoms with Crippen LogP contribution < -0.4 is 5.73 Å². The summed E-state index contributed by atoms with van der Waals surface area (Å²) < 4.78 is 10.4. The van der Waals surface area contributed by atoms with Crippen LogP contribution in [-0.4, -0.2) is 22.2 Å². The molecule has 0 bridgehead atoms. The predicted molar refractivity (Wildman–Crippen MR) is 62.0 cm³/mol. The highest BCUT2D eigenvalue weighted by Crippen LogP contribution is 2.22. The molecule has 1 unspecified atom stereocenters. The number of hydrogen-bond donors (Lipinski definition) is 1. The standard InChI is InChI=1S/C11H14N4O2/c1-3-9(16-2)10-14-11(17-15-10)7-4-8(12)6-13-5-7/h4-6,9H,3,12H2,1-2H3. The molecule has 0 saturated heterocycles. The van der Waals surface area contributed by atoms with Gasteiger partial charge in [0.25, 0.3) is 5.89 Å². The van der Waals surface area contributed by atoms with Crippen LogP contribution in [0.25, 0.3) is 11.5 Å². The van der Waals surface area contributed by atoms with Crippen molar-refractivity contribution in [3.05, 3.63) is 24.3 Å². The first kappa shape index (κ1) is 11.5. The minimum atomic E-state index is -0.151. The lowest BCUT2D eigenvalue weighted by Crippen LogP contribution is -2.01. The topological polar surface area (TPSA) is 87.1 Å². The SMILES string of the molecule is CCC(OC)c1noc(-c2cncc(N)c2)n1. The molecule has 0 aliphatic rings. The second-order valence-electron chi connectivity index (χ2n) is 3.60. The van der Waals surface area contributed by atoms with Crippen LogP contribution in [0.1, 0.15) is 25.3 Å². The van der Waals surface area contributed by atoms with Gasteiger partial charge in [0.2, 0.25) is 5.82 Å². The zero-order chi connectivity index (χ0) is 12.3. The number of nitrogens with two attached hydrogens (primary N) is 1. The summed E-state index contributed by atoms with van der Waals surface area (Å²) in [6.45, 7) is 1.99. The number of anilines is 1. The molecule has 2 heterocycles. The van der Waals surface area contributed by atoms with Crippen molar-refractivity contribution in [2.45, 2.75) is 19.4 Å². The number of aromatic nitrogens is 3. The third-order valence-corrected chi connectivity index (χ3v) is 2.39. The zero-order valence-corrected chi connectivity index (χ0v) is 9.75. The molecule has 90 valence electrons. The van der Waals surface area contributed by atoms with E-state index in [2.05, 4.69) is 15.1 Å². The van der Waals surface area contributed by atoms with Crippen LogP contribution in [0.2, 0.25) is 0 Å². The van der Waals surface area contributed by atoms with Crippen LogP contribution in [0.4, 0.5) is 5.69 Å². The number of hydrogen-bond acceptors (Lipinski definition) is 6. The van der Waals surface area contributed by atoms with Gasteiger partial charge in [-0.2, -0.15) is 4.98 Å². The van der Waals surface area contributed by atoms with Crippen molar-refractivity contribution < 1.29 is 9.26 Å². The van der Waals surface area contributed by atoms with E-state index >= 15 is 0 Å². The summed E-state index contributed by atoms with van der Waals surface area (Å²) >= 11 is 0. The molecule has 0 aliphatic heterocycles. The Morgan fingerprint density at radius 3 is 2.94 bits per heavy atom. The molecule has 17 heavy (non-hydrogen) atoms. The summed E-state index contributed by atoms with van der Waals surface area (Å²) in [6, 6.07) is 1.73. The highest BCUT2D eigenvalue weighted by Gasteiger charge is 2.16. The molecular formula is C11H14N4O2. The van der Waals surface area contributed by atoms with Crippen LogP contribution in [-0.2, 0) is 4.74 Å². The maximum atomic E-state index is 5.64. The maximum Gasteiger partial charge on any atom is 0.259 e. The fraction of sp³-hybridized carbons (Fsp3) is 0.364. The van der Waals surface area contributed by atoms with Gasteiger partial charge in [0, 0.05) is 19.5 Å². The number of ether oxygens (including phenoxy) is 1. The van der Waals surface area contributed by atoms with Gasteiger partial charge in [-0.15, -0.1) is 0 Å². The van der Waals surface area contributed by atoms with E-state index < -0.39 is 0 Å². The molecule has 1 atom stereocenters.